The maximum absolute atomic E-state index is 14.4. The zero-order valence-corrected chi connectivity index (χ0v) is 24.1. The smallest absolute Gasteiger partial charge is 0.268 e. The average Bonchev–Trinajstić information content (AvgIpc) is 3.60. The number of nitriles is 1. The van der Waals surface area contributed by atoms with Gasteiger partial charge in [0.15, 0.2) is 0 Å². The molecule has 0 aliphatic heterocycles. The Kier molecular flexibility index (Phi) is 6.66. The second kappa shape index (κ2) is 10.3. The van der Waals surface area contributed by atoms with Gasteiger partial charge in [0.25, 0.3) is 10.0 Å². The van der Waals surface area contributed by atoms with Crippen molar-refractivity contribution >= 4 is 38.0 Å². The Hall–Kier alpha value is -4.77. The molecule has 0 bridgehead atoms. The minimum Gasteiger partial charge on any atom is -0.305 e. The molecule has 0 fully saturated rings. The Labute approximate surface area is 243 Å². The predicted octanol–water partition coefficient (Wildman–Crippen LogP) is 8.51. The molecule has 200 valence electrons. The molecule has 0 aliphatic rings. The number of nitrogens with zero attached hydrogens (tertiary/aromatic N) is 2. The number of hydrogen-bond acceptors (Lipinski definition) is 5. The van der Waals surface area contributed by atoms with E-state index in [1.807, 2.05) is 91.2 Å². The van der Waals surface area contributed by atoms with Crippen LogP contribution in [0.3, 0.4) is 0 Å². The van der Waals surface area contributed by atoms with Crippen molar-refractivity contribution in [2.45, 2.75) is 18.7 Å². The van der Waals surface area contributed by atoms with E-state index in [9.17, 15) is 13.7 Å². The molecule has 0 amide bonds. The molecule has 1 N–H and O–H groups in total. The topological polar surface area (TPSA) is 86.7 Å². The van der Waals surface area contributed by atoms with Gasteiger partial charge in [0.2, 0.25) is 0 Å². The fourth-order valence-electron chi connectivity index (χ4n) is 5.18. The number of rotatable bonds is 6. The molecule has 2 heterocycles. The van der Waals surface area contributed by atoms with Crippen LogP contribution in [0, 0.1) is 23.7 Å². The maximum Gasteiger partial charge on any atom is 0.268 e. The molecule has 0 saturated heterocycles. The van der Waals surface area contributed by atoms with E-state index in [-0.39, 0.29) is 4.90 Å². The van der Waals surface area contributed by atoms with Crippen LogP contribution in [0.15, 0.2) is 113 Å². The molecule has 7 heteroatoms. The molecule has 0 spiro atoms. The number of benzene rings is 4. The van der Waals surface area contributed by atoms with Gasteiger partial charge in [0, 0.05) is 27.8 Å². The first-order valence-electron chi connectivity index (χ1n) is 13.0. The minimum atomic E-state index is -4.04. The van der Waals surface area contributed by atoms with Crippen LogP contribution >= 0.6 is 11.3 Å². The quantitative estimate of drug-likeness (QED) is 0.203. The van der Waals surface area contributed by atoms with E-state index in [4.69, 9.17) is 5.41 Å². The maximum atomic E-state index is 14.4. The Morgan fingerprint density at radius 1 is 0.854 bits per heavy atom. The van der Waals surface area contributed by atoms with E-state index >= 15 is 0 Å². The number of hydrogen-bond donors (Lipinski definition) is 1. The number of para-hydroxylation sites is 1. The van der Waals surface area contributed by atoms with Gasteiger partial charge in [-0.2, -0.15) is 5.26 Å². The van der Waals surface area contributed by atoms with Gasteiger partial charge in [0.1, 0.15) is 10.9 Å². The van der Waals surface area contributed by atoms with E-state index in [1.165, 1.54) is 15.3 Å². The normalized spacial score (nSPS) is 11.4. The fraction of sp³-hybridized carbons (Fsp3) is 0.0588. The largest absolute Gasteiger partial charge is 0.305 e. The van der Waals surface area contributed by atoms with Crippen LogP contribution in [-0.4, -0.2) is 18.1 Å². The third-order valence-corrected chi connectivity index (χ3v) is 9.74. The zero-order valence-electron chi connectivity index (χ0n) is 22.4. The molecule has 5 nitrogen and oxygen atoms in total. The van der Waals surface area contributed by atoms with Crippen LogP contribution in [0.25, 0.3) is 44.4 Å². The highest BCUT2D eigenvalue weighted by Gasteiger charge is 2.29. The molecule has 6 aromatic rings. The number of aromatic nitrogens is 1. The van der Waals surface area contributed by atoms with Gasteiger partial charge in [-0.25, -0.2) is 12.4 Å². The molecule has 0 saturated carbocycles. The lowest BCUT2D eigenvalue weighted by Crippen LogP contribution is -2.14. The van der Waals surface area contributed by atoms with Crippen molar-refractivity contribution in [3.8, 4) is 39.6 Å². The molecule has 2 aromatic heterocycles. The Balaban J connectivity index is 1.71. The van der Waals surface area contributed by atoms with Crippen LogP contribution in [0.2, 0.25) is 0 Å². The third-order valence-electron chi connectivity index (χ3n) is 7.19. The molecule has 41 heavy (non-hydrogen) atoms. The average molecular weight is 572 g/mol. The summed E-state index contributed by atoms with van der Waals surface area (Å²) in [5, 5.41) is 20.6. The van der Waals surface area contributed by atoms with Crippen LogP contribution in [-0.2, 0) is 10.0 Å². The molecule has 0 radical (unpaired) electrons. The Bertz CT molecular complexity index is 2110. The van der Waals surface area contributed by atoms with Crippen LogP contribution in [0.5, 0.6) is 0 Å². The van der Waals surface area contributed by atoms with Gasteiger partial charge in [-0.15, -0.1) is 11.3 Å². The van der Waals surface area contributed by atoms with Crippen molar-refractivity contribution in [1.29, 1.82) is 10.7 Å². The molecule has 6 rings (SSSR count). The van der Waals surface area contributed by atoms with Crippen LogP contribution < -0.4 is 0 Å². The summed E-state index contributed by atoms with van der Waals surface area (Å²) in [7, 11) is -4.04. The molecular formula is C34H25N3O2S2. The van der Waals surface area contributed by atoms with Crippen molar-refractivity contribution in [3.63, 3.8) is 0 Å². The first-order valence-corrected chi connectivity index (χ1v) is 15.3. The molecule has 0 aliphatic carbocycles. The van der Waals surface area contributed by atoms with Crippen molar-refractivity contribution in [1.82, 2.24) is 3.97 Å². The van der Waals surface area contributed by atoms with E-state index in [0.717, 1.165) is 27.6 Å². The van der Waals surface area contributed by atoms with Gasteiger partial charge in [-0.05, 0) is 72.3 Å². The lowest BCUT2D eigenvalue weighted by atomic mass is 9.95. The molecule has 0 atom stereocenters. The standard InChI is InChI=1S/C34H25N3O2S2/c1-22-13-15-28(16-14-22)41(38,39)37-31-12-4-3-11-29(31)33(30-17-18-40-32(30)21-35)34(37)27-10-6-9-26(20-27)25-8-5-7-24(19-25)23(2)36/h3-20,36H,1-2H3. The number of nitrogens with one attached hydrogen (secondary N) is 1. The first-order chi connectivity index (χ1) is 19.8. The summed E-state index contributed by atoms with van der Waals surface area (Å²) in [6, 6.07) is 34.0. The van der Waals surface area contributed by atoms with E-state index in [1.54, 1.807) is 31.2 Å². The van der Waals surface area contributed by atoms with Crippen LogP contribution in [0.1, 0.15) is 22.9 Å². The Morgan fingerprint density at radius 2 is 1.54 bits per heavy atom. The van der Waals surface area contributed by atoms with E-state index < -0.39 is 10.0 Å². The second-order valence-electron chi connectivity index (χ2n) is 9.89. The van der Waals surface area contributed by atoms with E-state index in [2.05, 4.69) is 6.07 Å². The van der Waals surface area contributed by atoms with Crippen molar-refractivity contribution < 1.29 is 8.42 Å². The summed E-state index contributed by atoms with van der Waals surface area (Å²) in [5.74, 6) is 0. The molecular weight excluding hydrogens is 547 g/mol. The van der Waals surface area contributed by atoms with Crippen LogP contribution in [0.4, 0.5) is 0 Å². The highest BCUT2D eigenvalue weighted by molar-refractivity contribution is 7.90. The van der Waals surface area contributed by atoms with E-state index in [0.29, 0.717) is 38.5 Å². The fourth-order valence-corrected chi connectivity index (χ4v) is 7.42. The summed E-state index contributed by atoms with van der Waals surface area (Å²) in [6.45, 7) is 3.68. The monoisotopic (exact) mass is 571 g/mol. The predicted molar refractivity (Wildman–Crippen MR) is 167 cm³/mol. The van der Waals surface area contributed by atoms with Crippen molar-refractivity contribution in [3.05, 3.63) is 125 Å². The van der Waals surface area contributed by atoms with Gasteiger partial charge in [0.05, 0.1) is 16.1 Å². The van der Waals surface area contributed by atoms with Crippen molar-refractivity contribution in [2.75, 3.05) is 0 Å². The second-order valence-corrected chi connectivity index (χ2v) is 12.6. The lowest BCUT2D eigenvalue weighted by molar-refractivity contribution is 0.589. The number of fused-ring (bicyclic) bond motifs is 1. The first kappa shape index (κ1) is 26.5. The minimum absolute atomic E-state index is 0.188. The number of aryl methyl sites for hydroxylation is 1. The highest BCUT2D eigenvalue weighted by Crippen LogP contribution is 2.45. The SMILES string of the molecule is CC(=N)c1cccc(-c2cccc(-c3c(-c4ccsc4C#N)c4ccccc4n3S(=O)(=O)c3ccc(C)cc3)c2)c1. The lowest BCUT2D eigenvalue weighted by Gasteiger charge is -2.15. The Morgan fingerprint density at radius 3 is 2.27 bits per heavy atom. The summed E-state index contributed by atoms with van der Waals surface area (Å²) >= 11 is 1.34. The summed E-state index contributed by atoms with van der Waals surface area (Å²) < 4.78 is 30.3. The van der Waals surface area contributed by atoms with Gasteiger partial charge >= 0.3 is 0 Å². The summed E-state index contributed by atoms with van der Waals surface area (Å²) in [6.07, 6.45) is 0. The third kappa shape index (κ3) is 4.57. The zero-order chi connectivity index (χ0) is 28.7. The van der Waals surface area contributed by atoms with Gasteiger partial charge in [-0.1, -0.05) is 72.3 Å². The van der Waals surface area contributed by atoms with Gasteiger partial charge < -0.3 is 5.41 Å². The van der Waals surface area contributed by atoms with Gasteiger partial charge in [-0.3, -0.25) is 0 Å². The van der Waals surface area contributed by atoms with Crippen molar-refractivity contribution in [2.24, 2.45) is 0 Å². The molecule has 4 aromatic carbocycles. The molecule has 0 unspecified atom stereocenters. The number of thiophene rings is 1. The highest BCUT2D eigenvalue weighted by atomic mass is 32.2. The summed E-state index contributed by atoms with van der Waals surface area (Å²) in [5.41, 5.74) is 7.23. The summed E-state index contributed by atoms with van der Waals surface area (Å²) in [4.78, 5) is 0.708.